The summed E-state index contributed by atoms with van der Waals surface area (Å²) in [7, 11) is 0. The molecule has 220 valence electrons. The third-order valence-corrected chi connectivity index (χ3v) is 6.80. The number of benzene rings is 1. The molecular weight excluding hydrogens is 532 g/mol. The fourth-order valence-electron chi connectivity index (χ4n) is 4.51. The number of fused-ring (bicyclic) bond motifs is 3. The van der Waals surface area contributed by atoms with E-state index < -0.39 is 42.0 Å². The Morgan fingerprint density at radius 2 is 1.76 bits per heavy atom. The monoisotopic (exact) mass is 568 g/mol. The Labute approximate surface area is 237 Å². The van der Waals surface area contributed by atoms with Crippen LogP contribution in [0.25, 0.3) is 11.0 Å². The van der Waals surface area contributed by atoms with Gasteiger partial charge in [0.1, 0.15) is 29.5 Å². The van der Waals surface area contributed by atoms with Crippen molar-refractivity contribution in [2.45, 2.75) is 65.0 Å². The molecule has 0 radical (unpaired) electrons. The van der Waals surface area contributed by atoms with Gasteiger partial charge in [-0.25, -0.2) is 0 Å². The highest BCUT2D eigenvalue weighted by molar-refractivity contribution is 5.98. The summed E-state index contributed by atoms with van der Waals surface area (Å²) in [4.78, 5) is 53.6. The zero-order chi connectivity index (χ0) is 29.7. The van der Waals surface area contributed by atoms with E-state index in [2.05, 4.69) is 26.4 Å². The molecule has 0 unspecified atom stereocenters. The first-order chi connectivity index (χ1) is 19.5. The second-order valence-electron chi connectivity index (χ2n) is 10.6. The molecule has 3 aromatic rings. The Morgan fingerprint density at radius 3 is 2.46 bits per heavy atom. The summed E-state index contributed by atoms with van der Waals surface area (Å²) in [6.07, 6.45) is -1.28. The number of nitrogens with zero attached hydrogens (tertiary/aromatic N) is 2. The lowest BCUT2D eigenvalue weighted by Gasteiger charge is -2.26. The molecule has 4 atom stereocenters. The summed E-state index contributed by atoms with van der Waals surface area (Å²) in [5, 5.41) is 25.5. The molecule has 2 bridgehead atoms. The molecule has 2 aromatic heterocycles. The van der Waals surface area contributed by atoms with Gasteiger partial charge >= 0.3 is 0 Å². The van der Waals surface area contributed by atoms with Crippen molar-refractivity contribution in [2.24, 2.45) is 5.92 Å². The minimum atomic E-state index is -1.37. The lowest BCUT2D eigenvalue weighted by molar-refractivity contribution is -0.133. The van der Waals surface area contributed by atoms with Crippen LogP contribution in [0.4, 0.5) is 0 Å². The van der Waals surface area contributed by atoms with Crippen molar-refractivity contribution in [3.05, 3.63) is 53.6 Å². The molecule has 0 aliphatic carbocycles. The molecule has 1 aliphatic heterocycles. The highest BCUT2D eigenvalue weighted by atomic mass is 16.5. The van der Waals surface area contributed by atoms with E-state index in [1.54, 1.807) is 13.8 Å². The van der Waals surface area contributed by atoms with Crippen LogP contribution < -0.4 is 21.3 Å². The SMILES string of the molecule is CC(C)[C@@H]1NC(=O)[C@H](C)NC(=O)[C@H]([C@@H](C)O)NC(=O)c2cc(on2)CN(Cc2cc3ccccc3o2)CCNC1=O. The van der Waals surface area contributed by atoms with E-state index >= 15 is 0 Å². The van der Waals surface area contributed by atoms with Gasteiger partial charge in [0.2, 0.25) is 17.7 Å². The number of amides is 4. The van der Waals surface area contributed by atoms with Crippen LogP contribution in [0.2, 0.25) is 0 Å². The summed E-state index contributed by atoms with van der Waals surface area (Å²) in [6, 6.07) is 7.75. The van der Waals surface area contributed by atoms with E-state index in [9.17, 15) is 24.3 Å². The van der Waals surface area contributed by atoms with Gasteiger partial charge in [-0.3, -0.25) is 24.1 Å². The highest BCUT2D eigenvalue weighted by Gasteiger charge is 2.31. The zero-order valence-corrected chi connectivity index (χ0v) is 23.5. The number of carbonyl (C=O) groups is 4. The number of hydrogen-bond acceptors (Lipinski definition) is 9. The lowest BCUT2D eigenvalue weighted by atomic mass is 10.0. The molecule has 0 spiro atoms. The van der Waals surface area contributed by atoms with Crippen LogP contribution in [-0.4, -0.2) is 76.1 Å². The number of furan rings is 1. The second-order valence-corrected chi connectivity index (χ2v) is 10.6. The average Bonchev–Trinajstić information content (AvgIpc) is 3.55. The molecule has 0 saturated heterocycles. The molecule has 0 saturated carbocycles. The van der Waals surface area contributed by atoms with E-state index in [1.807, 2.05) is 35.2 Å². The summed E-state index contributed by atoms with van der Waals surface area (Å²) in [5.41, 5.74) is 0.666. The molecule has 0 fully saturated rings. The van der Waals surface area contributed by atoms with Crippen molar-refractivity contribution in [3.63, 3.8) is 0 Å². The van der Waals surface area contributed by atoms with E-state index in [1.165, 1.54) is 19.9 Å². The van der Waals surface area contributed by atoms with E-state index in [-0.39, 0.29) is 30.6 Å². The molecule has 13 heteroatoms. The molecule has 3 heterocycles. The molecule has 1 aromatic carbocycles. The highest BCUT2D eigenvalue weighted by Crippen LogP contribution is 2.21. The minimum Gasteiger partial charge on any atom is -0.460 e. The summed E-state index contributed by atoms with van der Waals surface area (Å²) in [5.74, 6) is -1.62. The van der Waals surface area contributed by atoms with Gasteiger partial charge in [0.05, 0.1) is 19.2 Å². The number of aliphatic hydroxyl groups excluding tert-OH is 1. The summed E-state index contributed by atoms with van der Waals surface area (Å²) in [6.45, 7) is 7.63. The first kappa shape index (κ1) is 29.7. The lowest BCUT2D eigenvalue weighted by Crippen LogP contribution is -2.58. The number of nitrogens with one attached hydrogen (secondary N) is 4. The molecule has 5 N–H and O–H groups in total. The first-order valence-electron chi connectivity index (χ1n) is 13.5. The quantitative estimate of drug-likeness (QED) is 0.303. The fourth-order valence-corrected chi connectivity index (χ4v) is 4.51. The van der Waals surface area contributed by atoms with Gasteiger partial charge in [0.25, 0.3) is 5.91 Å². The predicted molar refractivity (Wildman–Crippen MR) is 147 cm³/mol. The van der Waals surface area contributed by atoms with Gasteiger partial charge in [-0.15, -0.1) is 0 Å². The Bertz CT molecular complexity index is 1360. The number of aromatic nitrogens is 1. The van der Waals surface area contributed by atoms with Crippen LogP contribution in [0.1, 0.15) is 49.7 Å². The van der Waals surface area contributed by atoms with Crippen LogP contribution in [0.5, 0.6) is 0 Å². The number of aliphatic hydroxyl groups is 1. The van der Waals surface area contributed by atoms with Gasteiger partial charge < -0.3 is 35.3 Å². The maximum absolute atomic E-state index is 13.1. The molecule has 4 amide bonds. The fraction of sp³-hybridized carbons (Fsp3) is 0.464. The Hall–Kier alpha value is -4.23. The summed E-state index contributed by atoms with van der Waals surface area (Å²) >= 11 is 0. The van der Waals surface area contributed by atoms with Gasteiger partial charge in [-0.2, -0.15) is 0 Å². The predicted octanol–water partition coefficient (Wildman–Crippen LogP) is 0.678. The number of para-hydroxylation sites is 1. The second kappa shape index (κ2) is 13.0. The molecule has 1 aliphatic rings. The van der Waals surface area contributed by atoms with Crippen molar-refractivity contribution in [3.8, 4) is 0 Å². The van der Waals surface area contributed by atoms with Gasteiger partial charge in [-0.1, -0.05) is 37.2 Å². The maximum Gasteiger partial charge on any atom is 0.274 e. The summed E-state index contributed by atoms with van der Waals surface area (Å²) < 4.78 is 11.4. The zero-order valence-electron chi connectivity index (χ0n) is 23.5. The van der Waals surface area contributed by atoms with Gasteiger partial charge in [-0.05, 0) is 31.9 Å². The van der Waals surface area contributed by atoms with Crippen molar-refractivity contribution in [2.75, 3.05) is 13.1 Å². The van der Waals surface area contributed by atoms with E-state index in [0.29, 0.717) is 24.6 Å². The third kappa shape index (κ3) is 7.50. The topological polar surface area (TPSA) is 179 Å². The molecule has 13 nitrogen and oxygen atoms in total. The molecule has 41 heavy (non-hydrogen) atoms. The average molecular weight is 569 g/mol. The van der Waals surface area contributed by atoms with Crippen LogP contribution in [-0.2, 0) is 27.5 Å². The van der Waals surface area contributed by atoms with Crippen LogP contribution >= 0.6 is 0 Å². The molecule has 4 rings (SSSR count). The Morgan fingerprint density at radius 1 is 1.00 bits per heavy atom. The largest absolute Gasteiger partial charge is 0.460 e. The van der Waals surface area contributed by atoms with Crippen LogP contribution in [0.15, 0.2) is 45.3 Å². The van der Waals surface area contributed by atoms with Crippen LogP contribution in [0.3, 0.4) is 0 Å². The number of rotatable bonds is 4. The van der Waals surface area contributed by atoms with Crippen molar-refractivity contribution < 1.29 is 33.2 Å². The molecular formula is C28H36N6O7. The van der Waals surface area contributed by atoms with Gasteiger partial charge in [0.15, 0.2) is 11.5 Å². The smallest absolute Gasteiger partial charge is 0.274 e. The van der Waals surface area contributed by atoms with E-state index in [0.717, 1.165) is 11.0 Å². The normalized spacial score (nSPS) is 22.8. The number of carbonyl (C=O) groups excluding carboxylic acids is 4. The maximum atomic E-state index is 13.1. The third-order valence-electron chi connectivity index (χ3n) is 6.80. The van der Waals surface area contributed by atoms with Crippen molar-refractivity contribution in [1.82, 2.24) is 31.3 Å². The standard InChI is InChI=1S/C28H36N6O7/c1-15(2)23-27(38)29-9-10-34(13-19-11-18-7-5-6-8-22(18)40-19)14-20-12-21(33-41-20)26(37)32-24(17(4)35)28(39)30-16(3)25(36)31-23/h5-8,11-12,15-17,23-24,35H,9-10,13-14H2,1-4H3,(H,29,38)(H,30,39)(H,31,36)(H,32,37)/t16-,17+,23-,24-/m0/s1. The van der Waals surface area contributed by atoms with Crippen LogP contribution in [0, 0.1) is 5.92 Å². The Balaban J connectivity index is 1.61. The minimum absolute atomic E-state index is 0.0814. The van der Waals surface area contributed by atoms with Gasteiger partial charge in [0, 0.05) is 24.5 Å². The number of hydrogen-bond donors (Lipinski definition) is 5. The first-order valence-corrected chi connectivity index (χ1v) is 13.5. The van der Waals surface area contributed by atoms with Crippen molar-refractivity contribution in [1.29, 1.82) is 0 Å². The Kier molecular flexibility index (Phi) is 9.40. The van der Waals surface area contributed by atoms with Crippen molar-refractivity contribution >= 4 is 34.6 Å². The van der Waals surface area contributed by atoms with E-state index in [4.69, 9.17) is 8.94 Å².